The zero-order valence-corrected chi connectivity index (χ0v) is 18.6. The van der Waals surface area contributed by atoms with Gasteiger partial charge in [-0.15, -0.1) is 11.3 Å². The number of benzene rings is 1. The Morgan fingerprint density at radius 3 is 2.38 bits per heavy atom. The topological polar surface area (TPSA) is 69.0 Å². The molecule has 0 saturated heterocycles. The van der Waals surface area contributed by atoms with E-state index in [4.69, 9.17) is 9.84 Å². The molecule has 3 rings (SSSR count). The summed E-state index contributed by atoms with van der Waals surface area (Å²) in [5.41, 5.74) is 3.81. The van der Waals surface area contributed by atoms with Crippen LogP contribution in [0.4, 0.5) is 5.82 Å². The van der Waals surface area contributed by atoms with Crippen molar-refractivity contribution >= 4 is 23.1 Å². The van der Waals surface area contributed by atoms with Crippen molar-refractivity contribution in [3.63, 3.8) is 0 Å². The second-order valence-corrected chi connectivity index (χ2v) is 9.71. The van der Waals surface area contributed by atoms with Crippen LogP contribution in [0.15, 0.2) is 41.2 Å². The van der Waals surface area contributed by atoms with Gasteiger partial charge in [-0.05, 0) is 45.0 Å². The van der Waals surface area contributed by atoms with Gasteiger partial charge in [-0.25, -0.2) is 9.67 Å². The minimum atomic E-state index is -0.250. The first-order valence-electron chi connectivity index (χ1n) is 9.56. The number of thiazole rings is 1. The normalized spacial score (nSPS) is 12.1. The van der Waals surface area contributed by atoms with E-state index in [2.05, 4.69) is 51.8 Å². The van der Waals surface area contributed by atoms with Crippen LogP contribution >= 0.6 is 11.3 Å². The third-order valence-electron chi connectivity index (χ3n) is 4.34. The molecule has 2 heterocycles. The van der Waals surface area contributed by atoms with Gasteiger partial charge in [-0.3, -0.25) is 4.79 Å². The number of amides is 1. The molecule has 0 unspecified atom stereocenters. The quantitative estimate of drug-likeness (QED) is 0.623. The molecule has 7 heteroatoms. The maximum atomic E-state index is 12.8. The summed E-state index contributed by atoms with van der Waals surface area (Å²) in [6, 6.07) is 9.06. The Kier molecular flexibility index (Phi) is 5.80. The number of carbonyl (C=O) groups is 1. The molecular formula is C22H28N4O2S. The van der Waals surface area contributed by atoms with Crippen LogP contribution in [0, 0.1) is 0 Å². The number of nitrogens with zero attached hydrogens (tertiary/aromatic N) is 3. The molecule has 0 fully saturated rings. The van der Waals surface area contributed by atoms with Gasteiger partial charge in [0.1, 0.15) is 18.2 Å². The fourth-order valence-corrected chi connectivity index (χ4v) is 3.25. The van der Waals surface area contributed by atoms with Gasteiger partial charge in [0.2, 0.25) is 0 Å². The summed E-state index contributed by atoms with van der Waals surface area (Å²) in [7, 11) is 0. The lowest BCUT2D eigenvalue weighted by molar-refractivity contribution is 0.102. The van der Waals surface area contributed by atoms with Gasteiger partial charge in [0.05, 0.1) is 22.4 Å². The number of hydrogen-bond acceptors (Lipinski definition) is 5. The average molecular weight is 413 g/mol. The molecular weight excluding hydrogens is 384 g/mol. The lowest BCUT2D eigenvalue weighted by Crippen LogP contribution is -2.27. The van der Waals surface area contributed by atoms with E-state index in [1.165, 1.54) is 11.3 Å². The Bertz CT molecular complexity index is 962. The fraction of sp³-hybridized carbons (Fsp3) is 0.409. The molecule has 0 aliphatic rings. The number of rotatable bonds is 5. The van der Waals surface area contributed by atoms with Crippen LogP contribution in [0.25, 0.3) is 0 Å². The van der Waals surface area contributed by atoms with Crippen molar-refractivity contribution in [3.05, 3.63) is 58.2 Å². The molecule has 154 valence electrons. The average Bonchev–Trinajstić information content (AvgIpc) is 3.29. The molecule has 0 atom stereocenters. The zero-order chi connectivity index (χ0) is 21.2. The Morgan fingerprint density at radius 1 is 1.14 bits per heavy atom. The zero-order valence-electron chi connectivity index (χ0n) is 17.8. The number of aromatic nitrogens is 3. The Balaban J connectivity index is 1.73. The lowest BCUT2D eigenvalue weighted by Gasteiger charge is -2.23. The molecule has 1 N–H and O–H groups in total. The largest absolute Gasteiger partial charge is 0.487 e. The highest BCUT2D eigenvalue weighted by Crippen LogP contribution is 2.28. The molecule has 2 aromatic heterocycles. The molecule has 3 aromatic rings. The van der Waals surface area contributed by atoms with Gasteiger partial charge in [-0.2, -0.15) is 5.10 Å². The van der Waals surface area contributed by atoms with Crippen LogP contribution < -0.4 is 10.1 Å². The summed E-state index contributed by atoms with van der Waals surface area (Å²) in [4.78, 5) is 17.0. The van der Waals surface area contributed by atoms with E-state index in [1.54, 1.807) is 29.8 Å². The van der Waals surface area contributed by atoms with Gasteiger partial charge < -0.3 is 10.1 Å². The number of nitrogens with one attached hydrogen (secondary N) is 1. The summed E-state index contributed by atoms with van der Waals surface area (Å²) >= 11 is 1.54. The Morgan fingerprint density at radius 2 is 1.83 bits per heavy atom. The summed E-state index contributed by atoms with van der Waals surface area (Å²) in [5.74, 6) is 1.21. The number of ether oxygens (including phenoxy) is 1. The van der Waals surface area contributed by atoms with E-state index in [0.717, 1.165) is 11.4 Å². The minimum Gasteiger partial charge on any atom is -0.487 e. The Labute approximate surface area is 175 Å². The lowest BCUT2D eigenvalue weighted by atomic mass is 9.92. The number of hydrogen-bond donors (Lipinski definition) is 1. The first kappa shape index (κ1) is 21.0. The monoisotopic (exact) mass is 412 g/mol. The van der Waals surface area contributed by atoms with Crippen molar-refractivity contribution in [3.8, 4) is 5.75 Å². The molecule has 0 aliphatic heterocycles. The smallest absolute Gasteiger partial charge is 0.256 e. The molecule has 0 spiro atoms. The second kappa shape index (κ2) is 7.99. The van der Waals surface area contributed by atoms with Gasteiger partial charge >= 0.3 is 0 Å². The Hall–Kier alpha value is -2.67. The van der Waals surface area contributed by atoms with Crippen LogP contribution in [0.1, 0.15) is 63.3 Å². The van der Waals surface area contributed by atoms with E-state index < -0.39 is 0 Å². The maximum absolute atomic E-state index is 12.8. The molecule has 0 aliphatic carbocycles. The van der Waals surface area contributed by atoms with Crippen molar-refractivity contribution in [1.82, 2.24) is 14.8 Å². The number of anilines is 1. The van der Waals surface area contributed by atoms with E-state index in [9.17, 15) is 4.79 Å². The first-order valence-corrected chi connectivity index (χ1v) is 10.5. The van der Waals surface area contributed by atoms with E-state index in [1.807, 2.05) is 16.1 Å². The van der Waals surface area contributed by atoms with Crippen LogP contribution in [0.3, 0.4) is 0 Å². The van der Waals surface area contributed by atoms with Gasteiger partial charge in [-0.1, -0.05) is 20.8 Å². The van der Waals surface area contributed by atoms with Gasteiger partial charge in [0.25, 0.3) is 5.91 Å². The predicted octanol–water partition coefficient (Wildman–Crippen LogP) is 5.22. The third-order valence-corrected chi connectivity index (χ3v) is 4.98. The van der Waals surface area contributed by atoms with Crippen LogP contribution in [-0.2, 0) is 17.6 Å². The van der Waals surface area contributed by atoms with Crippen molar-refractivity contribution in [2.45, 2.75) is 59.1 Å². The summed E-state index contributed by atoms with van der Waals surface area (Å²) in [5, 5.41) is 9.70. The van der Waals surface area contributed by atoms with Crippen molar-refractivity contribution in [1.29, 1.82) is 0 Å². The van der Waals surface area contributed by atoms with Gasteiger partial charge in [0.15, 0.2) is 0 Å². The minimum absolute atomic E-state index is 0.105. The van der Waals surface area contributed by atoms with Crippen LogP contribution in [0.5, 0.6) is 5.75 Å². The fourth-order valence-electron chi connectivity index (χ4n) is 2.71. The van der Waals surface area contributed by atoms with Gasteiger partial charge in [0, 0.05) is 22.4 Å². The standard InChI is InChI=1S/C22H28N4O2S/c1-21(2,3)18-11-19(26(25-18)22(4,5)6)24-20(27)15-7-9-17(10-8-15)28-12-16-13-29-14-23-16/h7-11,13-14H,12H2,1-6H3,(H,24,27). The van der Waals surface area contributed by atoms with Crippen molar-refractivity contribution < 1.29 is 9.53 Å². The SMILES string of the molecule is CC(C)(C)c1cc(NC(=O)c2ccc(OCc3cscn3)cc2)n(C(C)(C)C)n1. The second-order valence-electron chi connectivity index (χ2n) is 8.99. The molecule has 0 bridgehead atoms. The molecule has 0 saturated carbocycles. The van der Waals surface area contributed by atoms with Crippen molar-refractivity contribution in [2.24, 2.45) is 0 Å². The highest BCUT2D eigenvalue weighted by atomic mass is 32.1. The van der Waals surface area contributed by atoms with E-state index in [0.29, 0.717) is 23.7 Å². The highest BCUT2D eigenvalue weighted by Gasteiger charge is 2.26. The van der Waals surface area contributed by atoms with E-state index in [-0.39, 0.29) is 16.9 Å². The summed E-state index contributed by atoms with van der Waals surface area (Å²) in [6.45, 7) is 12.9. The van der Waals surface area contributed by atoms with E-state index >= 15 is 0 Å². The first-order chi connectivity index (χ1) is 13.5. The van der Waals surface area contributed by atoms with Crippen molar-refractivity contribution in [2.75, 3.05) is 5.32 Å². The summed E-state index contributed by atoms with van der Waals surface area (Å²) in [6.07, 6.45) is 0. The molecule has 6 nitrogen and oxygen atoms in total. The maximum Gasteiger partial charge on any atom is 0.256 e. The molecule has 1 amide bonds. The van der Waals surface area contributed by atoms with Crippen LogP contribution in [0.2, 0.25) is 0 Å². The van der Waals surface area contributed by atoms with Crippen LogP contribution in [-0.4, -0.2) is 20.7 Å². The predicted molar refractivity (Wildman–Crippen MR) is 117 cm³/mol. The highest BCUT2D eigenvalue weighted by molar-refractivity contribution is 7.07. The number of carbonyl (C=O) groups excluding carboxylic acids is 1. The summed E-state index contributed by atoms with van der Waals surface area (Å²) < 4.78 is 7.58. The molecule has 29 heavy (non-hydrogen) atoms. The molecule has 0 radical (unpaired) electrons. The third kappa shape index (κ3) is 5.23. The molecule has 1 aromatic carbocycles.